The second-order valence-corrected chi connectivity index (χ2v) is 6.53. The van der Waals surface area contributed by atoms with Crippen LogP contribution in [-0.4, -0.2) is 31.0 Å². The van der Waals surface area contributed by atoms with E-state index in [1.165, 1.54) is 23.0 Å². The van der Waals surface area contributed by atoms with Crippen LogP contribution in [0.3, 0.4) is 0 Å². The van der Waals surface area contributed by atoms with Gasteiger partial charge < -0.3 is 10.2 Å². The number of amides is 1. The molecule has 0 aliphatic heterocycles. The minimum Gasteiger partial charge on any atom is -0.354 e. The van der Waals surface area contributed by atoms with Crippen molar-refractivity contribution < 1.29 is 9.18 Å². The summed E-state index contributed by atoms with van der Waals surface area (Å²) >= 11 is 1.38. The molecule has 0 aliphatic rings. The highest BCUT2D eigenvalue weighted by molar-refractivity contribution is 7.22. The van der Waals surface area contributed by atoms with E-state index < -0.39 is 0 Å². The van der Waals surface area contributed by atoms with Crippen molar-refractivity contribution in [2.24, 2.45) is 0 Å². The molecule has 1 N–H and O–H groups in total. The van der Waals surface area contributed by atoms with E-state index in [1.807, 2.05) is 36.4 Å². The van der Waals surface area contributed by atoms with Crippen LogP contribution in [0.2, 0.25) is 0 Å². The number of nitrogens with zero attached hydrogens (tertiary/aromatic N) is 2. The number of halogens is 1. The van der Waals surface area contributed by atoms with E-state index in [1.54, 1.807) is 18.0 Å². The summed E-state index contributed by atoms with van der Waals surface area (Å²) < 4.78 is 14.5. The number of rotatable bonds is 6. The third-order valence-electron chi connectivity index (χ3n) is 3.64. The number of likely N-dealkylation sites (N-methyl/N-ethyl adjacent to an activating group) is 1. The maximum absolute atomic E-state index is 13.7. The highest BCUT2D eigenvalue weighted by Crippen LogP contribution is 2.29. The summed E-state index contributed by atoms with van der Waals surface area (Å²) in [7, 11) is 1.78. The zero-order chi connectivity index (χ0) is 16.9. The lowest BCUT2D eigenvalue weighted by Gasteiger charge is -2.15. The highest BCUT2D eigenvalue weighted by atomic mass is 32.1. The molecule has 0 unspecified atom stereocenters. The van der Waals surface area contributed by atoms with E-state index in [-0.39, 0.29) is 18.3 Å². The second-order valence-electron chi connectivity index (χ2n) is 5.52. The Bertz CT molecular complexity index is 835. The fraction of sp³-hybridized carbons (Fsp3) is 0.222. The quantitative estimate of drug-likeness (QED) is 0.747. The summed E-state index contributed by atoms with van der Waals surface area (Å²) in [4.78, 5) is 18.1. The Labute approximate surface area is 143 Å². The topological polar surface area (TPSA) is 45.2 Å². The minimum absolute atomic E-state index is 0.0758. The van der Waals surface area contributed by atoms with Gasteiger partial charge in [0.05, 0.1) is 11.2 Å². The molecule has 0 bridgehead atoms. The number of carbonyl (C=O) groups excluding carboxylic acids is 1. The molecule has 1 heterocycles. The fourth-order valence-electron chi connectivity index (χ4n) is 2.40. The summed E-state index contributed by atoms with van der Waals surface area (Å²) in [6, 6.07) is 14.9. The minimum atomic E-state index is -0.337. The van der Waals surface area contributed by atoms with Crippen LogP contribution < -0.4 is 10.2 Å². The Morgan fingerprint density at radius 2 is 2.00 bits per heavy atom. The van der Waals surface area contributed by atoms with Crippen LogP contribution in [0.1, 0.15) is 5.56 Å². The largest absolute Gasteiger partial charge is 0.354 e. The van der Waals surface area contributed by atoms with E-state index in [4.69, 9.17) is 0 Å². The van der Waals surface area contributed by atoms with Gasteiger partial charge in [-0.2, -0.15) is 0 Å². The fourth-order valence-corrected chi connectivity index (χ4v) is 3.34. The van der Waals surface area contributed by atoms with Gasteiger partial charge in [-0.15, -0.1) is 0 Å². The van der Waals surface area contributed by atoms with E-state index in [9.17, 15) is 9.18 Å². The van der Waals surface area contributed by atoms with Crippen molar-refractivity contribution in [2.45, 2.75) is 6.42 Å². The number of carbonyl (C=O) groups is 1. The van der Waals surface area contributed by atoms with Crippen LogP contribution in [0.15, 0.2) is 48.5 Å². The van der Waals surface area contributed by atoms with Gasteiger partial charge in [-0.25, -0.2) is 9.37 Å². The Balaban J connectivity index is 1.54. The van der Waals surface area contributed by atoms with Crippen LogP contribution in [-0.2, 0) is 11.2 Å². The van der Waals surface area contributed by atoms with Crippen LogP contribution >= 0.6 is 11.3 Å². The van der Waals surface area contributed by atoms with E-state index in [0.29, 0.717) is 17.2 Å². The molecule has 0 radical (unpaired) electrons. The van der Waals surface area contributed by atoms with Crippen LogP contribution in [0.5, 0.6) is 0 Å². The van der Waals surface area contributed by atoms with Gasteiger partial charge in [-0.05, 0) is 24.1 Å². The van der Waals surface area contributed by atoms with E-state index in [0.717, 1.165) is 11.1 Å². The van der Waals surface area contributed by atoms with Crippen molar-refractivity contribution in [3.05, 3.63) is 59.9 Å². The number of aromatic nitrogens is 1. The number of para-hydroxylation sites is 1. The smallest absolute Gasteiger partial charge is 0.239 e. The molecule has 24 heavy (non-hydrogen) atoms. The van der Waals surface area contributed by atoms with Gasteiger partial charge in [0, 0.05) is 13.6 Å². The van der Waals surface area contributed by atoms with Crippen molar-refractivity contribution in [1.29, 1.82) is 0 Å². The Kier molecular flexibility index (Phi) is 5.05. The van der Waals surface area contributed by atoms with Gasteiger partial charge in [0.25, 0.3) is 0 Å². The Morgan fingerprint density at radius 3 is 2.75 bits per heavy atom. The summed E-state index contributed by atoms with van der Waals surface area (Å²) in [5.41, 5.74) is 1.54. The highest BCUT2D eigenvalue weighted by Gasteiger charge is 2.13. The molecule has 0 saturated carbocycles. The summed E-state index contributed by atoms with van der Waals surface area (Å²) in [6.45, 7) is 0.779. The number of anilines is 1. The van der Waals surface area contributed by atoms with Gasteiger partial charge in [-0.3, -0.25) is 4.79 Å². The number of nitrogens with one attached hydrogen (secondary N) is 1. The molecule has 0 spiro atoms. The van der Waals surface area contributed by atoms with Crippen LogP contribution in [0, 0.1) is 5.82 Å². The zero-order valence-electron chi connectivity index (χ0n) is 13.3. The first-order valence-electron chi connectivity index (χ1n) is 7.70. The molecular formula is C18H18FN3OS. The molecule has 4 nitrogen and oxygen atoms in total. The Morgan fingerprint density at radius 1 is 1.21 bits per heavy atom. The summed E-state index contributed by atoms with van der Waals surface area (Å²) in [6.07, 6.45) is 0.794. The maximum atomic E-state index is 13.7. The normalized spacial score (nSPS) is 10.8. The molecule has 6 heteroatoms. The predicted octanol–water partition coefficient (Wildman–Crippen LogP) is 3.23. The van der Waals surface area contributed by atoms with Crippen molar-refractivity contribution in [1.82, 2.24) is 10.3 Å². The zero-order valence-corrected chi connectivity index (χ0v) is 14.1. The van der Waals surface area contributed by atoms with E-state index in [2.05, 4.69) is 10.3 Å². The lowest BCUT2D eigenvalue weighted by molar-refractivity contribution is -0.119. The molecule has 0 fully saturated rings. The molecule has 3 rings (SSSR count). The third kappa shape index (κ3) is 3.89. The monoisotopic (exact) mass is 343 g/mol. The standard InChI is InChI=1S/C18H18FN3OS/c1-22(18-21-17-14(19)8-5-9-15(17)24-18)12-16(23)20-11-10-13-6-3-2-4-7-13/h2-9H,10-12H2,1H3,(H,20,23). The average molecular weight is 343 g/mol. The first-order valence-corrected chi connectivity index (χ1v) is 8.52. The molecule has 0 aliphatic carbocycles. The molecular weight excluding hydrogens is 325 g/mol. The summed E-state index contributed by atoms with van der Waals surface area (Å²) in [5, 5.41) is 3.53. The van der Waals surface area contributed by atoms with Crippen LogP contribution in [0.4, 0.5) is 9.52 Å². The first kappa shape index (κ1) is 16.4. The number of fused-ring (bicyclic) bond motifs is 1. The van der Waals surface area contributed by atoms with Crippen molar-refractivity contribution in [3.63, 3.8) is 0 Å². The number of benzene rings is 2. The van der Waals surface area contributed by atoms with Crippen molar-refractivity contribution in [3.8, 4) is 0 Å². The van der Waals surface area contributed by atoms with Crippen molar-refractivity contribution in [2.75, 3.05) is 25.0 Å². The number of hydrogen-bond acceptors (Lipinski definition) is 4. The number of thiazole rings is 1. The molecule has 3 aromatic rings. The Hall–Kier alpha value is -2.47. The SMILES string of the molecule is CN(CC(=O)NCCc1ccccc1)c1nc2c(F)cccc2s1. The predicted molar refractivity (Wildman–Crippen MR) is 96.0 cm³/mol. The molecule has 1 aromatic heterocycles. The van der Waals surface area contributed by atoms with Gasteiger partial charge in [0.15, 0.2) is 5.13 Å². The van der Waals surface area contributed by atoms with Gasteiger partial charge in [0.2, 0.25) is 5.91 Å². The second kappa shape index (κ2) is 7.40. The van der Waals surface area contributed by atoms with Gasteiger partial charge >= 0.3 is 0 Å². The summed E-state index contributed by atoms with van der Waals surface area (Å²) in [5.74, 6) is -0.413. The third-order valence-corrected chi connectivity index (χ3v) is 4.78. The average Bonchev–Trinajstić information content (AvgIpc) is 3.02. The lowest BCUT2D eigenvalue weighted by Crippen LogP contribution is -2.36. The lowest BCUT2D eigenvalue weighted by atomic mass is 10.1. The van der Waals surface area contributed by atoms with Gasteiger partial charge in [0.1, 0.15) is 11.3 Å². The van der Waals surface area contributed by atoms with Crippen molar-refractivity contribution >= 4 is 32.6 Å². The molecule has 0 atom stereocenters. The van der Waals surface area contributed by atoms with E-state index >= 15 is 0 Å². The molecule has 0 saturated heterocycles. The molecule has 1 amide bonds. The van der Waals surface area contributed by atoms with Crippen LogP contribution in [0.25, 0.3) is 10.2 Å². The first-order chi connectivity index (χ1) is 11.6. The molecule has 124 valence electrons. The molecule has 2 aromatic carbocycles. The maximum Gasteiger partial charge on any atom is 0.239 e. The van der Waals surface area contributed by atoms with Gasteiger partial charge in [-0.1, -0.05) is 47.7 Å². The number of hydrogen-bond donors (Lipinski definition) is 1.